The van der Waals surface area contributed by atoms with E-state index < -0.39 is 0 Å². The van der Waals surface area contributed by atoms with E-state index in [1.54, 1.807) is 6.07 Å². The summed E-state index contributed by atoms with van der Waals surface area (Å²) < 4.78 is 1.97. The predicted octanol–water partition coefficient (Wildman–Crippen LogP) is 4.29. The van der Waals surface area contributed by atoms with Crippen molar-refractivity contribution < 1.29 is 4.79 Å². The molecule has 2 aromatic heterocycles. The van der Waals surface area contributed by atoms with Gasteiger partial charge < -0.3 is 9.88 Å². The Balaban J connectivity index is 1.66. The van der Waals surface area contributed by atoms with Crippen molar-refractivity contribution in [2.75, 3.05) is 5.32 Å². The maximum Gasteiger partial charge on any atom is 0.277 e. The second-order valence-electron chi connectivity index (χ2n) is 6.11. The summed E-state index contributed by atoms with van der Waals surface area (Å²) >= 11 is 0. The van der Waals surface area contributed by atoms with E-state index in [2.05, 4.69) is 15.3 Å². The van der Waals surface area contributed by atoms with Crippen molar-refractivity contribution in [3.8, 4) is 5.69 Å². The Kier molecular flexibility index (Phi) is 3.97. The van der Waals surface area contributed by atoms with E-state index in [0.717, 1.165) is 28.1 Å². The maximum absolute atomic E-state index is 12.7. The monoisotopic (exact) mass is 342 g/mol. The van der Waals surface area contributed by atoms with Crippen LogP contribution in [-0.2, 0) is 0 Å². The van der Waals surface area contributed by atoms with Gasteiger partial charge in [-0.15, -0.1) is 0 Å². The molecule has 5 nitrogen and oxygen atoms in total. The Bertz CT molecular complexity index is 1100. The molecule has 4 rings (SSSR count). The van der Waals surface area contributed by atoms with Crippen LogP contribution in [0.1, 0.15) is 22.0 Å². The van der Waals surface area contributed by atoms with Crippen molar-refractivity contribution in [2.45, 2.75) is 13.8 Å². The van der Waals surface area contributed by atoms with Crippen molar-refractivity contribution >= 4 is 22.6 Å². The zero-order valence-electron chi connectivity index (χ0n) is 14.6. The molecule has 2 aromatic carbocycles. The average molecular weight is 342 g/mol. The highest BCUT2D eigenvalue weighted by atomic mass is 16.2. The lowest BCUT2D eigenvalue weighted by molar-refractivity contribution is 0.102. The SMILES string of the molecule is Cc1nc(C(=O)Nc2ccc3ccccc3n2)c(C)n1-c1ccccc1. The molecule has 2 heterocycles. The number of anilines is 1. The van der Waals surface area contributed by atoms with E-state index >= 15 is 0 Å². The maximum atomic E-state index is 12.7. The quantitative estimate of drug-likeness (QED) is 0.604. The molecule has 0 aliphatic carbocycles. The summed E-state index contributed by atoms with van der Waals surface area (Å²) in [6.07, 6.45) is 0. The smallest absolute Gasteiger partial charge is 0.277 e. The van der Waals surface area contributed by atoms with Crippen LogP contribution < -0.4 is 5.32 Å². The van der Waals surface area contributed by atoms with E-state index in [4.69, 9.17) is 0 Å². The van der Waals surface area contributed by atoms with E-state index in [1.165, 1.54) is 0 Å². The third-order valence-electron chi connectivity index (χ3n) is 4.34. The van der Waals surface area contributed by atoms with Crippen molar-refractivity contribution in [2.24, 2.45) is 0 Å². The lowest BCUT2D eigenvalue weighted by Crippen LogP contribution is -2.15. The summed E-state index contributed by atoms with van der Waals surface area (Å²) in [5, 5.41) is 3.89. The zero-order valence-corrected chi connectivity index (χ0v) is 14.6. The van der Waals surface area contributed by atoms with Crippen LogP contribution in [0.2, 0.25) is 0 Å². The summed E-state index contributed by atoms with van der Waals surface area (Å²) in [5.41, 5.74) is 3.03. The fourth-order valence-corrected chi connectivity index (χ4v) is 3.13. The van der Waals surface area contributed by atoms with Crippen molar-refractivity contribution in [1.82, 2.24) is 14.5 Å². The van der Waals surface area contributed by atoms with Gasteiger partial charge in [0.25, 0.3) is 5.91 Å². The van der Waals surface area contributed by atoms with Gasteiger partial charge in [0, 0.05) is 11.1 Å². The number of imidazole rings is 1. The third kappa shape index (κ3) is 2.84. The van der Waals surface area contributed by atoms with Crippen molar-refractivity contribution in [3.63, 3.8) is 0 Å². The van der Waals surface area contributed by atoms with Crippen LogP contribution in [0.25, 0.3) is 16.6 Å². The van der Waals surface area contributed by atoms with Crippen LogP contribution in [0.15, 0.2) is 66.7 Å². The molecule has 0 saturated carbocycles. The summed E-state index contributed by atoms with van der Waals surface area (Å²) in [5.74, 6) is 1.02. The van der Waals surface area contributed by atoms with Gasteiger partial charge in [-0.25, -0.2) is 9.97 Å². The number of rotatable bonds is 3. The minimum Gasteiger partial charge on any atom is -0.305 e. The van der Waals surface area contributed by atoms with Crippen molar-refractivity contribution in [3.05, 3.63) is 83.9 Å². The number of aromatic nitrogens is 3. The molecule has 26 heavy (non-hydrogen) atoms. The molecule has 0 atom stereocenters. The molecule has 0 aliphatic rings. The summed E-state index contributed by atoms with van der Waals surface area (Å²) in [6, 6.07) is 21.4. The van der Waals surface area contributed by atoms with E-state index in [9.17, 15) is 4.79 Å². The van der Waals surface area contributed by atoms with Crippen LogP contribution in [0.4, 0.5) is 5.82 Å². The molecular formula is C21H18N4O. The fraction of sp³-hybridized carbons (Fsp3) is 0.0952. The first kappa shape index (κ1) is 16.0. The highest BCUT2D eigenvalue weighted by Crippen LogP contribution is 2.19. The topological polar surface area (TPSA) is 59.8 Å². The van der Waals surface area contributed by atoms with Gasteiger partial charge in [-0.05, 0) is 44.2 Å². The number of hydrogen-bond donors (Lipinski definition) is 1. The molecule has 4 aromatic rings. The largest absolute Gasteiger partial charge is 0.305 e. The minimum atomic E-state index is -0.261. The molecule has 0 unspecified atom stereocenters. The number of fused-ring (bicyclic) bond motifs is 1. The number of benzene rings is 2. The summed E-state index contributed by atoms with van der Waals surface area (Å²) in [7, 11) is 0. The van der Waals surface area contributed by atoms with E-state index in [1.807, 2.05) is 79.1 Å². The fourth-order valence-electron chi connectivity index (χ4n) is 3.13. The normalized spacial score (nSPS) is 10.8. The standard InChI is InChI=1S/C21H18N4O/c1-14-20(22-15(2)25(14)17-9-4-3-5-10-17)21(26)24-19-13-12-16-8-6-7-11-18(16)23-19/h3-13H,1-2H3,(H,23,24,26). The number of aryl methyl sites for hydroxylation is 1. The van der Waals surface area contributed by atoms with Gasteiger partial charge in [0.05, 0.1) is 11.2 Å². The van der Waals surface area contributed by atoms with Gasteiger partial charge in [-0.2, -0.15) is 0 Å². The molecule has 0 bridgehead atoms. The molecule has 1 amide bonds. The lowest BCUT2D eigenvalue weighted by Gasteiger charge is -2.08. The molecule has 128 valence electrons. The highest BCUT2D eigenvalue weighted by Gasteiger charge is 2.19. The second-order valence-corrected chi connectivity index (χ2v) is 6.11. The number of para-hydroxylation sites is 2. The minimum absolute atomic E-state index is 0.261. The molecule has 0 aliphatic heterocycles. The summed E-state index contributed by atoms with van der Waals surface area (Å²) in [4.78, 5) is 21.7. The number of nitrogens with zero attached hydrogens (tertiary/aromatic N) is 3. The van der Waals surface area contributed by atoms with Crippen LogP contribution in [0.3, 0.4) is 0 Å². The zero-order chi connectivity index (χ0) is 18.1. The van der Waals surface area contributed by atoms with Gasteiger partial charge in [0.2, 0.25) is 0 Å². The van der Waals surface area contributed by atoms with Gasteiger partial charge in [0.1, 0.15) is 17.3 Å². The highest BCUT2D eigenvalue weighted by molar-refractivity contribution is 6.03. The number of carbonyl (C=O) groups excluding carboxylic acids is 1. The van der Waals surface area contributed by atoms with Gasteiger partial charge in [-0.3, -0.25) is 4.79 Å². The Morgan fingerprint density at radius 1 is 0.885 bits per heavy atom. The Morgan fingerprint density at radius 3 is 2.42 bits per heavy atom. The molecular weight excluding hydrogens is 324 g/mol. The number of amides is 1. The van der Waals surface area contributed by atoms with E-state index in [0.29, 0.717) is 11.5 Å². The first-order chi connectivity index (χ1) is 12.6. The second kappa shape index (κ2) is 6.44. The number of carbonyl (C=O) groups is 1. The third-order valence-corrected chi connectivity index (χ3v) is 4.34. The molecule has 0 fully saturated rings. The number of hydrogen-bond acceptors (Lipinski definition) is 3. The Morgan fingerprint density at radius 2 is 1.62 bits per heavy atom. The van der Waals surface area contributed by atoms with Crippen LogP contribution in [-0.4, -0.2) is 20.4 Å². The molecule has 5 heteroatoms. The van der Waals surface area contributed by atoms with Crippen LogP contribution >= 0.6 is 0 Å². The van der Waals surface area contributed by atoms with Crippen LogP contribution in [0.5, 0.6) is 0 Å². The van der Waals surface area contributed by atoms with Gasteiger partial charge >= 0.3 is 0 Å². The molecule has 0 saturated heterocycles. The Hall–Kier alpha value is -3.47. The van der Waals surface area contributed by atoms with E-state index in [-0.39, 0.29) is 5.91 Å². The molecule has 0 spiro atoms. The number of pyridine rings is 1. The van der Waals surface area contributed by atoms with Gasteiger partial charge in [0.15, 0.2) is 0 Å². The molecule has 1 N–H and O–H groups in total. The van der Waals surface area contributed by atoms with Gasteiger partial charge in [-0.1, -0.05) is 36.4 Å². The first-order valence-electron chi connectivity index (χ1n) is 8.42. The molecule has 0 radical (unpaired) electrons. The average Bonchev–Trinajstić information content (AvgIpc) is 2.96. The lowest BCUT2D eigenvalue weighted by atomic mass is 10.2. The predicted molar refractivity (Wildman–Crippen MR) is 103 cm³/mol. The van der Waals surface area contributed by atoms with Crippen LogP contribution in [0, 0.1) is 13.8 Å². The summed E-state index contributed by atoms with van der Waals surface area (Å²) in [6.45, 7) is 3.79. The first-order valence-corrected chi connectivity index (χ1v) is 8.42. The number of nitrogens with one attached hydrogen (secondary N) is 1. The Labute approximate surface area is 151 Å². The van der Waals surface area contributed by atoms with Crippen molar-refractivity contribution in [1.29, 1.82) is 0 Å².